The molecule has 1 aliphatic heterocycles. The highest BCUT2D eigenvalue weighted by atomic mass is 32.2. The van der Waals surface area contributed by atoms with E-state index >= 15 is 0 Å². The van der Waals surface area contributed by atoms with E-state index in [1.54, 1.807) is 18.2 Å². The minimum atomic E-state index is -4.12. The lowest BCUT2D eigenvalue weighted by Crippen LogP contribution is -2.15. The van der Waals surface area contributed by atoms with Crippen molar-refractivity contribution in [3.05, 3.63) is 52.1 Å². The number of nitro benzene ring substituents is 1. The molecule has 0 spiro atoms. The SMILES string of the molecule is NS(=O)(=O)c1cc([N+](=O)[O-])ccc1NCc1ccc2c(c1)OCO2. The van der Waals surface area contributed by atoms with E-state index in [1.807, 2.05) is 0 Å². The average molecular weight is 351 g/mol. The lowest BCUT2D eigenvalue weighted by molar-refractivity contribution is -0.385. The number of hydrogen-bond acceptors (Lipinski definition) is 7. The molecule has 0 saturated heterocycles. The van der Waals surface area contributed by atoms with Gasteiger partial charge >= 0.3 is 0 Å². The number of hydrogen-bond donors (Lipinski definition) is 2. The summed E-state index contributed by atoms with van der Waals surface area (Å²) in [5.41, 5.74) is 0.645. The Labute approximate surface area is 137 Å². The fraction of sp³-hybridized carbons (Fsp3) is 0.143. The number of nitrogens with two attached hydrogens (primary N) is 1. The lowest BCUT2D eigenvalue weighted by atomic mass is 10.2. The summed E-state index contributed by atoms with van der Waals surface area (Å²) in [5.74, 6) is 1.24. The first-order valence-electron chi connectivity index (χ1n) is 6.78. The largest absolute Gasteiger partial charge is 0.454 e. The molecule has 2 aromatic rings. The summed E-state index contributed by atoms with van der Waals surface area (Å²) < 4.78 is 33.8. The van der Waals surface area contributed by atoms with Crippen molar-refractivity contribution in [2.45, 2.75) is 11.4 Å². The van der Waals surface area contributed by atoms with Crippen LogP contribution in [0, 0.1) is 10.1 Å². The molecule has 0 radical (unpaired) electrons. The van der Waals surface area contributed by atoms with Crippen molar-refractivity contribution >= 4 is 21.4 Å². The lowest BCUT2D eigenvalue weighted by Gasteiger charge is -2.11. The van der Waals surface area contributed by atoms with Crippen LogP contribution in [0.1, 0.15) is 5.56 Å². The topological polar surface area (TPSA) is 134 Å². The molecule has 1 aliphatic rings. The maximum absolute atomic E-state index is 11.7. The second-order valence-electron chi connectivity index (χ2n) is 5.02. The number of nitro groups is 1. The van der Waals surface area contributed by atoms with Gasteiger partial charge in [-0.25, -0.2) is 13.6 Å². The molecule has 1 heterocycles. The third kappa shape index (κ3) is 3.24. The van der Waals surface area contributed by atoms with Gasteiger partial charge in [-0.2, -0.15) is 0 Å². The van der Waals surface area contributed by atoms with Gasteiger partial charge in [0.2, 0.25) is 16.8 Å². The summed E-state index contributed by atoms with van der Waals surface area (Å²) in [7, 11) is -4.12. The predicted octanol–water partition coefficient (Wildman–Crippen LogP) is 1.58. The molecule has 0 bridgehead atoms. The molecule has 3 rings (SSSR count). The molecule has 0 aromatic heterocycles. The highest BCUT2D eigenvalue weighted by Crippen LogP contribution is 2.33. The van der Waals surface area contributed by atoms with E-state index in [0.717, 1.165) is 11.6 Å². The molecule has 10 heteroatoms. The van der Waals surface area contributed by atoms with E-state index in [0.29, 0.717) is 11.5 Å². The van der Waals surface area contributed by atoms with Crippen LogP contribution in [-0.2, 0) is 16.6 Å². The number of primary sulfonamides is 1. The number of rotatable bonds is 5. The van der Waals surface area contributed by atoms with E-state index in [1.165, 1.54) is 12.1 Å². The first kappa shape index (κ1) is 16.0. The molecule has 0 saturated carbocycles. The van der Waals surface area contributed by atoms with Crippen molar-refractivity contribution in [2.75, 3.05) is 12.1 Å². The monoisotopic (exact) mass is 351 g/mol. The van der Waals surface area contributed by atoms with Crippen molar-refractivity contribution in [1.82, 2.24) is 0 Å². The summed E-state index contributed by atoms with van der Waals surface area (Å²) >= 11 is 0. The van der Waals surface area contributed by atoms with Crippen molar-refractivity contribution in [3.8, 4) is 11.5 Å². The van der Waals surface area contributed by atoms with Crippen LogP contribution in [0.25, 0.3) is 0 Å². The Bertz CT molecular complexity index is 913. The zero-order valence-corrected chi connectivity index (χ0v) is 13.1. The van der Waals surface area contributed by atoms with Gasteiger partial charge in [0.15, 0.2) is 11.5 Å². The molecule has 3 N–H and O–H groups in total. The van der Waals surface area contributed by atoms with Crippen LogP contribution in [-0.4, -0.2) is 20.1 Å². The molecule has 24 heavy (non-hydrogen) atoms. The number of nitrogens with zero attached hydrogens (tertiary/aromatic N) is 1. The van der Waals surface area contributed by atoms with Crippen LogP contribution in [0.4, 0.5) is 11.4 Å². The third-order valence-corrected chi connectivity index (χ3v) is 4.35. The van der Waals surface area contributed by atoms with Gasteiger partial charge in [-0.05, 0) is 23.8 Å². The van der Waals surface area contributed by atoms with Crippen LogP contribution in [0.5, 0.6) is 11.5 Å². The molecular formula is C14H13N3O6S. The number of sulfonamides is 1. The van der Waals surface area contributed by atoms with E-state index in [2.05, 4.69) is 5.32 Å². The van der Waals surface area contributed by atoms with Gasteiger partial charge < -0.3 is 14.8 Å². The van der Waals surface area contributed by atoms with Gasteiger partial charge in [0.05, 0.1) is 10.6 Å². The predicted molar refractivity (Wildman–Crippen MR) is 84.4 cm³/mol. The summed E-state index contributed by atoms with van der Waals surface area (Å²) in [6.45, 7) is 0.432. The summed E-state index contributed by atoms with van der Waals surface area (Å²) in [6, 6.07) is 8.74. The smallest absolute Gasteiger partial charge is 0.270 e. The van der Waals surface area contributed by atoms with Gasteiger partial charge in [0, 0.05) is 18.7 Å². The number of benzene rings is 2. The zero-order valence-electron chi connectivity index (χ0n) is 12.3. The van der Waals surface area contributed by atoms with Crippen LogP contribution < -0.4 is 19.9 Å². The Kier molecular flexibility index (Phi) is 3.99. The molecule has 0 fully saturated rings. The number of nitrogens with one attached hydrogen (secondary N) is 1. The van der Waals surface area contributed by atoms with Crippen LogP contribution >= 0.6 is 0 Å². The highest BCUT2D eigenvalue weighted by Gasteiger charge is 2.19. The Morgan fingerprint density at radius 2 is 1.92 bits per heavy atom. The van der Waals surface area contributed by atoms with Gasteiger partial charge in [0.25, 0.3) is 5.69 Å². The Balaban J connectivity index is 1.86. The van der Waals surface area contributed by atoms with Crippen LogP contribution in [0.2, 0.25) is 0 Å². The maximum atomic E-state index is 11.7. The standard InChI is InChI=1S/C14H13N3O6S/c15-24(20,21)14-6-10(17(18)19)2-3-11(14)16-7-9-1-4-12-13(5-9)23-8-22-12/h1-6,16H,7-8H2,(H2,15,20,21). The number of non-ortho nitro benzene ring substituents is 1. The Morgan fingerprint density at radius 3 is 2.62 bits per heavy atom. The first-order chi connectivity index (χ1) is 11.3. The summed E-state index contributed by atoms with van der Waals surface area (Å²) in [4.78, 5) is 9.78. The first-order valence-corrected chi connectivity index (χ1v) is 8.33. The normalized spacial score (nSPS) is 12.9. The van der Waals surface area contributed by atoms with E-state index in [9.17, 15) is 18.5 Å². The molecule has 0 atom stereocenters. The van der Waals surface area contributed by atoms with Gasteiger partial charge in [-0.15, -0.1) is 0 Å². The van der Waals surface area contributed by atoms with Gasteiger partial charge in [-0.1, -0.05) is 6.07 Å². The fourth-order valence-corrected chi connectivity index (χ4v) is 2.99. The minimum absolute atomic E-state index is 0.157. The Morgan fingerprint density at radius 1 is 1.17 bits per heavy atom. The minimum Gasteiger partial charge on any atom is -0.454 e. The van der Waals surface area contributed by atoms with Crippen molar-refractivity contribution in [2.24, 2.45) is 5.14 Å². The summed E-state index contributed by atoms with van der Waals surface area (Å²) in [6.07, 6.45) is 0. The van der Waals surface area contributed by atoms with Gasteiger partial charge in [0.1, 0.15) is 4.90 Å². The molecular weight excluding hydrogens is 338 g/mol. The molecule has 2 aromatic carbocycles. The maximum Gasteiger partial charge on any atom is 0.270 e. The summed E-state index contributed by atoms with van der Waals surface area (Å²) in [5, 5.41) is 18.9. The highest BCUT2D eigenvalue weighted by molar-refractivity contribution is 7.89. The number of fused-ring (bicyclic) bond motifs is 1. The zero-order chi connectivity index (χ0) is 17.3. The van der Waals surface area contributed by atoms with E-state index in [4.69, 9.17) is 14.6 Å². The van der Waals surface area contributed by atoms with Crippen molar-refractivity contribution in [1.29, 1.82) is 0 Å². The number of ether oxygens (including phenoxy) is 2. The van der Waals surface area contributed by atoms with Crippen molar-refractivity contribution in [3.63, 3.8) is 0 Å². The molecule has 9 nitrogen and oxygen atoms in total. The van der Waals surface area contributed by atoms with Crippen LogP contribution in [0.15, 0.2) is 41.3 Å². The van der Waals surface area contributed by atoms with E-state index in [-0.39, 0.29) is 29.6 Å². The third-order valence-electron chi connectivity index (χ3n) is 3.40. The van der Waals surface area contributed by atoms with Crippen molar-refractivity contribution < 1.29 is 22.8 Å². The molecule has 126 valence electrons. The van der Waals surface area contributed by atoms with Gasteiger partial charge in [-0.3, -0.25) is 10.1 Å². The molecule has 0 aliphatic carbocycles. The quantitative estimate of drug-likeness (QED) is 0.617. The molecule has 0 amide bonds. The van der Waals surface area contributed by atoms with E-state index < -0.39 is 14.9 Å². The van der Waals surface area contributed by atoms with Crippen LogP contribution in [0.3, 0.4) is 0 Å². The fourth-order valence-electron chi connectivity index (χ4n) is 2.25. The second kappa shape index (κ2) is 5.98. The number of anilines is 1. The molecule has 0 unspecified atom stereocenters. The Hall–Kier alpha value is -2.85. The average Bonchev–Trinajstić information content (AvgIpc) is 2.99. The second-order valence-corrected chi connectivity index (χ2v) is 6.55.